The van der Waals surface area contributed by atoms with Crippen molar-refractivity contribution >= 4 is 23.6 Å². The van der Waals surface area contributed by atoms with E-state index >= 15 is 0 Å². The summed E-state index contributed by atoms with van der Waals surface area (Å²) in [6, 6.07) is 14.9. The van der Waals surface area contributed by atoms with Gasteiger partial charge in [-0.25, -0.2) is 0 Å². The molecule has 0 radical (unpaired) electrons. The first-order valence-electron chi connectivity index (χ1n) is 8.70. The van der Waals surface area contributed by atoms with Crippen LogP contribution in [0.2, 0.25) is 0 Å². The molecule has 1 atom stereocenters. The average molecular weight is 371 g/mol. The molecular weight excluding hydrogens is 344 g/mol. The highest BCUT2D eigenvalue weighted by molar-refractivity contribution is 7.98. The second-order valence-corrected chi connectivity index (χ2v) is 7.31. The van der Waals surface area contributed by atoms with Gasteiger partial charge < -0.3 is 10.6 Å². The zero-order chi connectivity index (χ0) is 18.9. The van der Waals surface area contributed by atoms with Gasteiger partial charge in [-0.2, -0.15) is 11.8 Å². The van der Waals surface area contributed by atoms with Gasteiger partial charge in [0.15, 0.2) is 0 Å². The lowest BCUT2D eigenvalue weighted by molar-refractivity contribution is -0.123. The van der Waals surface area contributed by atoms with Crippen LogP contribution in [0.1, 0.15) is 33.5 Å². The molecule has 26 heavy (non-hydrogen) atoms. The number of aryl methyl sites for hydroxylation is 2. The molecule has 0 fully saturated rings. The molecule has 0 spiro atoms. The van der Waals surface area contributed by atoms with Gasteiger partial charge in [0.05, 0.1) is 0 Å². The highest BCUT2D eigenvalue weighted by atomic mass is 32.2. The number of hydrogen-bond acceptors (Lipinski definition) is 3. The fraction of sp³-hybridized carbons (Fsp3) is 0.333. The number of hydrogen-bond donors (Lipinski definition) is 2. The Labute approximate surface area is 159 Å². The monoisotopic (exact) mass is 370 g/mol. The van der Waals surface area contributed by atoms with Crippen LogP contribution >= 0.6 is 11.8 Å². The van der Waals surface area contributed by atoms with Gasteiger partial charge in [0.1, 0.15) is 6.04 Å². The number of thioether (sulfide) groups is 1. The van der Waals surface area contributed by atoms with E-state index in [2.05, 4.69) is 10.6 Å². The Morgan fingerprint density at radius 3 is 2.38 bits per heavy atom. The average Bonchev–Trinajstić information content (AvgIpc) is 2.64. The van der Waals surface area contributed by atoms with E-state index in [1.807, 2.05) is 62.6 Å². The van der Waals surface area contributed by atoms with Gasteiger partial charge in [-0.15, -0.1) is 0 Å². The Balaban J connectivity index is 2.00. The van der Waals surface area contributed by atoms with Crippen LogP contribution in [0.25, 0.3) is 0 Å². The van der Waals surface area contributed by atoms with E-state index in [0.717, 1.165) is 16.9 Å². The summed E-state index contributed by atoms with van der Waals surface area (Å²) < 4.78 is 0. The lowest BCUT2D eigenvalue weighted by atomic mass is 10.1. The third-order valence-electron chi connectivity index (χ3n) is 4.21. The second-order valence-electron chi connectivity index (χ2n) is 6.33. The number of carbonyl (C=O) groups is 2. The van der Waals surface area contributed by atoms with Crippen molar-refractivity contribution in [3.63, 3.8) is 0 Å². The predicted octanol–water partition coefficient (Wildman–Crippen LogP) is 3.47. The number of rotatable bonds is 8. The van der Waals surface area contributed by atoms with Gasteiger partial charge in [-0.3, -0.25) is 9.59 Å². The van der Waals surface area contributed by atoms with Crippen LogP contribution in [0.3, 0.4) is 0 Å². The van der Waals surface area contributed by atoms with Crippen LogP contribution < -0.4 is 10.6 Å². The van der Waals surface area contributed by atoms with Gasteiger partial charge in [-0.05, 0) is 49.5 Å². The number of carbonyl (C=O) groups excluding carboxylic acids is 2. The van der Waals surface area contributed by atoms with Crippen molar-refractivity contribution in [2.45, 2.75) is 32.9 Å². The van der Waals surface area contributed by atoms with Crippen molar-refractivity contribution in [3.8, 4) is 0 Å². The number of amides is 2. The summed E-state index contributed by atoms with van der Waals surface area (Å²) in [5, 5.41) is 5.83. The van der Waals surface area contributed by atoms with Crippen molar-refractivity contribution in [2.75, 3.05) is 12.0 Å². The van der Waals surface area contributed by atoms with Crippen molar-refractivity contribution in [1.82, 2.24) is 10.6 Å². The molecule has 0 aliphatic carbocycles. The van der Waals surface area contributed by atoms with E-state index in [-0.39, 0.29) is 11.8 Å². The smallest absolute Gasteiger partial charge is 0.252 e. The summed E-state index contributed by atoms with van der Waals surface area (Å²) in [7, 11) is 0. The maximum atomic E-state index is 12.6. The largest absolute Gasteiger partial charge is 0.350 e. The summed E-state index contributed by atoms with van der Waals surface area (Å²) in [4.78, 5) is 25.2. The lowest BCUT2D eigenvalue weighted by Crippen LogP contribution is -2.47. The normalized spacial score (nSPS) is 11.7. The van der Waals surface area contributed by atoms with Gasteiger partial charge in [0.25, 0.3) is 5.91 Å². The van der Waals surface area contributed by atoms with E-state index in [1.165, 1.54) is 5.56 Å². The third-order valence-corrected chi connectivity index (χ3v) is 4.85. The Morgan fingerprint density at radius 1 is 1.04 bits per heavy atom. The highest BCUT2D eigenvalue weighted by Crippen LogP contribution is 2.09. The SMILES string of the molecule is CSCC[C@@H](NC(=O)c1ccccc1C)C(=O)NCc1ccc(C)cc1. The zero-order valence-corrected chi connectivity index (χ0v) is 16.4. The summed E-state index contributed by atoms with van der Waals surface area (Å²) in [6.07, 6.45) is 2.59. The van der Waals surface area contributed by atoms with Crippen molar-refractivity contribution < 1.29 is 9.59 Å². The second kappa shape index (κ2) is 10.0. The van der Waals surface area contributed by atoms with E-state index < -0.39 is 6.04 Å². The third kappa shape index (κ3) is 5.92. The molecule has 2 N–H and O–H groups in total. The Morgan fingerprint density at radius 2 is 1.73 bits per heavy atom. The Kier molecular flexibility index (Phi) is 7.73. The minimum Gasteiger partial charge on any atom is -0.350 e. The van der Waals surface area contributed by atoms with E-state index in [9.17, 15) is 9.59 Å². The first-order valence-corrected chi connectivity index (χ1v) is 10.1. The molecule has 2 amide bonds. The molecule has 2 aromatic carbocycles. The Hall–Kier alpha value is -2.27. The van der Waals surface area contributed by atoms with Crippen LogP contribution in [0, 0.1) is 13.8 Å². The summed E-state index contributed by atoms with van der Waals surface area (Å²) >= 11 is 1.66. The quantitative estimate of drug-likeness (QED) is 0.748. The number of nitrogens with one attached hydrogen (secondary N) is 2. The molecule has 0 saturated heterocycles. The molecule has 5 heteroatoms. The highest BCUT2D eigenvalue weighted by Gasteiger charge is 2.21. The number of benzene rings is 2. The van der Waals surface area contributed by atoms with E-state index in [1.54, 1.807) is 17.8 Å². The first-order chi connectivity index (χ1) is 12.5. The zero-order valence-electron chi connectivity index (χ0n) is 15.5. The summed E-state index contributed by atoms with van der Waals surface area (Å²) in [5.41, 5.74) is 3.72. The van der Waals surface area contributed by atoms with Crippen LogP contribution in [-0.4, -0.2) is 29.9 Å². The molecule has 0 aliphatic rings. The molecule has 0 bridgehead atoms. The summed E-state index contributed by atoms with van der Waals surface area (Å²) in [5.74, 6) is 0.442. The van der Waals surface area contributed by atoms with Crippen molar-refractivity contribution in [2.24, 2.45) is 0 Å². The molecular formula is C21H26N2O2S. The Bertz CT molecular complexity index is 744. The molecule has 0 aromatic heterocycles. The van der Waals surface area contributed by atoms with Crippen LogP contribution in [-0.2, 0) is 11.3 Å². The van der Waals surface area contributed by atoms with Gasteiger partial charge in [0.2, 0.25) is 5.91 Å². The lowest BCUT2D eigenvalue weighted by Gasteiger charge is -2.19. The minimum absolute atomic E-state index is 0.151. The fourth-order valence-electron chi connectivity index (χ4n) is 2.59. The molecule has 138 valence electrons. The van der Waals surface area contributed by atoms with Crippen molar-refractivity contribution in [3.05, 3.63) is 70.8 Å². The molecule has 0 aliphatic heterocycles. The fourth-order valence-corrected chi connectivity index (χ4v) is 3.06. The molecule has 0 heterocycles. The van der Waals surface area contributed by atoms with Gasteiger partial charge >= 0.3 is 0 Å². The molecule has 2 rings (SSSR count). The maximum Gasteiger partial charge on any atom is 0.252 e. The van der Waals surface area contributed by atoms with Crippen molar-refractivity contribution in [1.29, 1.82) is 0 Å². The standard InChI is InChI=1S/C21H26N2O2S/c1-15-8-10-17(11-9-15)14-22-21(25)19(12-13-26-3)23-20(24)18-7-5-4-6-16(18)2/h4-11,19H,12-14H2,1-3H3,(H,22,25)(H,23,24)/t19-/m1/s1. The van der Waals surface area contributed by atoms with Crippen LogP contribution in [0.4, 0.5) is 0 Å². The molecule has 0 unspecified atom stereocenters. The van der Waals surface area contributed by atoms with E-state index in [0.29, 0.717) is 18.5 Å². The molecule has 4 nitrogen and oxygen atoms in total. The van der Waals surface area contributed by atoms with Gasteiger partial charge in [0, 0.05) is 12.1 Å². The topological polar surface area (TPSA) is 58.2 Å². The van der Waals surface area contributed by atoms with Crippen LogP contribution in [0.5, 0.6) is 0 Å². The molecule has 0 saturated carbocycles. The van der Waals surface area contributed by atoms with E-state index in [4.69, 9.17) is 0 Å². The summed E-state index contributed by atoms with van der Waals surface area (Å²) in [6.45, 7) is 4.38. The first kappa shape index (κ1) is 20.0. The van der Waals surface area contributed by atoms with Gasteiger partial charge in [-0.1, -0.05) is 48.0 Å². The molecule has 2 aromatic rings. The maximum absolute atomic E-state index is 12.6. The predicted molar refractivity (Wildman–Crippen MR) is 108 cm³/mol. The minimum atomic E-state index is -0.542. The van der Waals surface area contributed by atoms with Crippen LogP contribution in [0.15, 0.2) is 48.5 Å².